The van der Waals surface area contributed by atoms with Crippen LogP contribution in [0, 0.1) is 0 Å². The highest BCUT2D eigenvalue weighted by Crippen LogP contribution is 2.27. The van der Waals surface area contributed by atoms with Crippen molar-refractivity contribution >= 4 is 5.97 Å². The molecule has 0 aliphatic carbocycles. The molecule has 4 heteroatoms. The van der Waals surface area contributed by atoms with Crippen LogP contribution in [-0.2, 0) is 15.1 Å². The molecule has 1 atom stereocenters. The first-order valence-corrected chi connectivity index (χ1v) is 7.68. The third kappa shape index (κ3) is 4.55. The highest BCUT2D eigenvalue weighted by Gasteiger charge is 2.40. The molecule has 1 aromatic carbocycles. The monoisotopic (exact) mass is 292 g/mol. The van der Waals surface area contributed by atoms with Crippen LogP contribution in [0.3, 0.4) is 0 Å². The molecule has 0 fully saturated rings. The van der Waals surface area contributed by atoms with Gasteiger partial charge in [-0.1, -0.05) is 44.2 Å². The van der Waals surface area contributed by atoms with Crippen molar-refractivity contribution < 1.29 is 9.53 Å². The van der Waals surface area contributed by atoms with E-state index in [-0.39, 0.29) is 5.97 Å². The summed E-state index contributed by atoms with van der Waals surface area (Å²) < 4.78 is 5.11. The van der Waals surface area contributed by atoms with Crippen LogP contribution in [0.15, 0.2) is 30.3 Å². The van der Waals surface area contributed by atoms with Gasteiger partial charge in [0.1, 0.15) is 5.54 Å². The van der Waals surface area contributed by atoms with Gasteiger partial charge in [0.2, 0.25) is 0 Å². The molecular formula is C17H28N2O2. The maximum atomic E-state index is 12.5. The number of hydrogen-bond acceptors (Lipinski definition) is 4. The Kier molecular flexibility index (Phi) is 7.40. The first-order chi connectivity index (χ1) is 10.1. The number of hydrogen-bond donors (Lipinski definition) is 1. The number of ether oxygens (including phenoxy) is 1. The van der Waals surface area contributed by atoms with Gasteiger partial charge >= 0.3 is 5.97 Å². The van der Waals surface area contributed by atoms with Gasteiger partial charge in [-0.15, -0.1) is 0 Å². The molecule has 1 N–H and O–H groups in total. The summed E-state index contributed by atoms with van der Waals surface area (Å²) in [6, 6.07) is 9.87. The normalized spacial score (nSPS) is 14.0. The molecule has 118 valence electrons. The molecule has 0 spiro atoms. The van der Waals surface area contributed by atoms with E-state index in [9.17, 15) is 4.79 Å². The molecule has 1 rings (SSSR count). The lowest BCUT2D eigenvalue weighted by Gasteiger charge is -2.34. The number of benzene rings is 1. The average Bonchev–Trinajstić information content (AvgIpc) is 2.55. The van der Waals surface area contributed by atoms with Crippen molar-refractivity contribution in [2.45, 2.75) is 32.2 Å². The molecule has 0 bridgehead atoms. The van der Waals surface area contributed by atoms with E-state index in [0.29, 0.717) is 6.42 Å². The van der Waals surface area contributed by atoms with Gasteiger partial charge < -0.3 is 9.64 Å². The van der Waals surface area contributed by atoms with Crippen molar-refractivity contribution in [2.24, 2.45) is 0 Å². The zero-order valence-electron chi connectivity index (χ0n) is 13.7. The minimum Gasteiger partial charge on any atom is -0.467 e. The smallest absolute Gasteiger partial charge is 0.330 e. The molecule has 21 heavy (non-hydrogen) atoms. The van der Waals surface area contributed by atoms with Gasteiger partial charge in [-0.25, -0.2) is 4.79 Å². The van der Waals surface area contributed by atoms with Gasteiger partial charge in [0.15, 0.2) is 0 Å². The van der Waals surface area contributed by atoms with Crippen LogP contribution in [0.5, 0.6) is 0 Å². The van der Waals surface area contributed by atoms with Crippen molar-refractivity contribution in [2.75, 3.05) is 33.8 Å². The summed E-state index contributed by atoms with van der Waals surface area (Å²) >= 11 is 0. The zero-order chi connectivity index (χ0) is 15.7. The molecule has 0 saturated carbocycles. The number of methoxy groups -OCH3 is 1. The summed E-state index contributed by atoms with van der Waals surface area (Å²) in [5.41, 5.74) is 0.199. The molecule has 0 heterocycles. The van der Waals surface area contributed by atoms with E-state index in [4.69, 9.17) is 4.74 Å². The Balaban J connectivity index is 3.11. The number of nitrogens with zero attached hydrogens (tertiary/aromatic N) is 1. The average molecular weight is 292 g/mol. The Labute approximate surface area is 128 Å². The fraction of sp³-hybridized carbons (Fsp3) is 0.588. The number of nitrogens with one attached hydrogen (secondary N) is 1. The van der Waals surface area contributed by atoms with E-state index in [0.717, 1.165) is 31.6 Å². The maximum Gasteiger partial charge on any atom is 0.330 e. The molecule has 0 aliphatic heterocycles. The lowest BCUT2D eigenvalue weighted by molar-refractivity contribution is -0.149. The Morgan fingerprint density at radius 3 is 2.48 bits per heavy atom. The zero-order valence-corrected chi connectivity index (χ0v) is 13.7. The lowest BCUT2D eigenvalue weighted by Crippen LogP contribution is -2.51. The van der Waals surface area contributed by atoms with Crippen LogP contribution in [-0.4, -0.2) is 44.7 Å². The first-order valence-electron chi connectivity index (χ1n) is 7.68. The van der Waals surface area contributed by atoms with E-state index in [1.54, 1.807) is 0 Å². The molecule has 0 saturated heterocycles. The van der Waals surface area contributed by atoms with Crippen LogP contribution in [0.25, 0.3) is 0 Å². The molecule has 0 amide bonds. The minimum absolute atomic E-state index is 0.216. The van der Waals surface area contributed by atoms with Gasteiger partial charge in [-0.2, -0.15) is 0 Å². The van der Waals surface area contributed by atoms with E-state index in [1.165, 1.54) is 7.11 Å². The van der Waals surface area contributed by atoms with E-state index in [1.807, 2.05) is 30.3 Å². The van der Waals surface area contributed by atoms with Crippen LogP contribution in [0.2, 0.25) is 0 Å². The Bertz CT molecular complexity index is 422. The number of carbonyl (C=O) groups is 1. The second-order valence-corrected chi connectivity index (χ2v) is 5.34. The van der Waals surface area contributed by atoms with Gasteiger partial charge in [-0.05, 0) is 38.5 Å². The van der Waals surface area contributed by atoms with Gasteiger partial charge in [-0.3, -0.25) is 5.32 Å². The SMILES string of the molecule is CCCNC(CCN(C)CC)(C(=O)OC)c1ccccc1. The number of rotatable bonds is 9. The third-order valence-electron chi connectivity index (χ3n) is 3.89. The summed E-state index contributed by atoms with van der Waals surface area (Å²) in [4.78, 5) is 14.7. The topological polar surface area (TPSA) is 41.6 Å². The maximum absolute atomic E-state index is 12.5. The fourth-order valence-corrected chi connectivity index (χ4v) is 2.38. The van der Waals surface area contributed by atoms with Crippen LogP contribution >= 0.6 is 0 Å². The molecule has 0 aliphatic rings. The molecule has 4 nitrogen and oxygen atoms in total. The summed E-state index contributed by atoms with van der Waals surface area (Å²) in [6.45, 7) is 6.77. The number of carbonyl (C=O) groups excluding carboxylic acids is 1. The van der Waals surface area contributed by atoms with Crippen molar-refractivity contribution in [3.8, 4) is 0 Å². The second kappa shape index (κ2) is 8.80. The largest absolute Gasteiger partial charge is 0.467 e. The minimum atomic E-state index is -0.768. The molecule has 0 aromatic heterocycles. The Hall–Kier alpha value is -1.39. The van der Waals surface area contributed by atoms with Gasteiger partial charge in [0.25, 0.3) is 0 Å². The fourth-order valence-electron chi connectivity index (χ4n) is 2.38. The first kappa shape index (κ1) is 17.7. The lowest BCUT2D eigenvalue weighted by atomic mass is 9.86. The highest BCUT2D eigenvalue weighted by atomic mass is 16.5. The van der Waals surface area contributed by atoms with E-state index < -0.39 is 5.54 Å². The van der Waals surface area contributed by atoms with Crippen molar-refractivity contribution in [3.63, 3.8) is 0 Å². The highest BCUT2D eigenvalue weighted by molar-refractivity contribution is 5.82. The van der Waals surface area contributed by atoms with Crippen LogP contribution in [0.1, 0.15) is 32.3 Å². The molecule has 1 aromatic rings. The summed E-state index contributed by atoms with van der Waals surface area (Å²) in [6.07, 6.45) is 1.66. The van der Waals surface area contributed by atoms with E-state index in [2.05, 4.69) is 31.1 Å². The van der Waals surface area contributed by atoms with Crippen LogP contribution in [0.4, 0.5) is 0 Å². The molecule has 1 unspecified atom stereocenters. The molecular weight excluding hydrogens is 264 g/mol. The Morgan fingerprint density at radius 1 is 1.29 bits per heavy atom. The third-order valence-corrected chi connectivity index (χ3v) is 3.89. The molecule has 0 radical (unpaired) electrons. The van der Waals surface area contributed by atoms with Crippen molar-refractivity contribution in [1.82, 2.24) is 10.2 Å². The van der Waals surface area contributed by atoms with Crippen molar-refractivity contribution in [1.29, 1.82) is 0 Å². The van der Waals surface area contributed by atoms with Crippen LogP contribution < -0.4 is 5.32 Å². The summed E-state index contributed by atoms with van der Waals surface area (Å²) in [7, 11) is 3.52. The standard InChI is InChI=1S/C17H28N2O2/c1-5-13-18-17(16(20)21-4,12-14-19(3)6-2)15-10-8-7-9-11-15/h7-11,18H,5-6,12-14H2,1-4H3. The quantitative estimate of drug-likeness (QED) is 0.710. The summed E-state index contributed by atoms with van der Waals surface area (Å²) in [5, 5.41) is 3.43. The Morgan fingerprint density at radius 2 is 1.95 bits per heavy atom. The van der Waals surface area contributed by atoms with Gasteiger partial charge in [0.05, 0.1) is 7.11 Å². The van der Waals surface area contributed by atoms with Gasteiger partial charge in [0, 0.05) is 6.54 Å². The number of esters is 1. The summed E-state index contributed by atoms with van der Waals surface area (Å²) in [5.74, 6) is -0.216. The predicted octanol–water partition coefficient (Wildman–Crippen LogP) is 2.40. The van der Waals surface area contributed by atoms with Crippen molar-refractivity contribution in [3.05, 3.63) is 35.9 Å². The predicted molar refractivity (Wildman–Crippen MR) is 86.2 cm³/mol. The van der Waals surface area contributed by atoms with E-state index >= 15 is 0 Å². The second-order valence-electron chi connectivity index (χ2n) is 5.34.